The summed E-state index contributed by atoms with van der Waals surface area (Å²) in [5.41, 5.74) is 1.56. The van der Waals surface area contributed by atoms with Crippen molar-refractivity contribution in [3.8, 4) is 0 Å². The van der Waals surface area contributed by atoms with Gasteiger partial charge in [-0.25, -0.2) is 0 Å². The van der Waals surface area contributed by atoms with E-state index in [9.17, 15) is 9.59 Å². The monoisotopic (exact) mass is 236 g/mol. The highest BCUT2D eigenvalue weighted by molar-refractivity contribution is 5.90. The van der Waals surface area contributed by atoms with Gasteiger partial charge in [0, 0.05) is 18.5 Å². The van der Waals surface area contributed by atoms with Crippen molar-refractivity contribution in [2.75, 3.05) is 5.32 Å². The van der Waals surface area contributed by atoms with Crippen molar-refractivity contribution in [1.29, 1.82) is 0 Å². The molecule has 0 bridgehead atoms. The molecule has 1 amide bonds. The molecule has 0 radical (unpaired) electrons. The lowest BCUT2D eigenvalue weighted by atomic mass is 10.2. The van der Waals surface area contributed by atoms with Gasteiger partial charge < -0.3 is 10.4 Å². The number of aryl methyl sites for hydroxylation is 1. The minimum atomic E-state index is -0.826. The molecule has 1 aromatic rings. The second kappa shape index (κ2) is 6.62. The van der Waals surface area contributed by atoms with Crippen LogP contribution in [0.3, 0.4) is 0 Å². The standard InChI is InChI=1S/C12H16N2O3/c1-9-6-7-10(8-13-9)14-11(15)4-2-3-5-12(16)17/h6-8H,2-5H2,1H3,(H,14,15)(H,16,17). The van der Waals surface area contributed by atoms with E-state index in [-0.39, 0.29) is 12.3 Å². The van der Waals surface area contributed by atoms with Crippen LogP contribution in [-0.2, 0) is 9.59 Å². The quantitative estimate of drug-likeness (QED) is 0.740. The van der Waals surface area contributed by atoms with Crippen molar-refractivity contribution < 1.29 is 14.7 Å². The van der Waals surface area contributed by atoms with E-state index >= 15 is 0 Å². The predicted octanol–water partition coefficient (Wildman–Crippen LogP) is 1.97. The maximum absolute atomic E-state index is 11.5. The first-order valence-electron chi connectivity index (χ1n) is 5.52. The number of pyridine rings is 1. The van der Waals surface area contributed by atoms with Crippen LogP contribution in [0.2, 0.25) is 0 Å². The molecule has 0 aliphatic heterocycles. The lowest BCUT2D eigenvalue weighted by Crippen LogP contribution is -2.11. The predicted molar refractivity (Wildman–Crippen MR) is 63.7 cm³/mol. The Kier molecular flexibility index (Phi) is 5.13. The SMILES string of the molecule is Cc1ccc(NC(=O)CCCCC(=O)O)cn1. The Morgan fingerprint density at radius 3 is 2.59 bits per heavy atom. The van der Waals surface area contributed by atoms with E-state index in [0.717, 1.165) is 5.69 Å². The van der Waals surface area contributed by atoms with E-state index in [2.05, 4.69) is 10.3 Å². The lowest BCUT2D eigenvalue weighted by molar-refractivity contribution is -0.137. The van der Waals surface area contributed by atoms with Crippen LogP contribution in [-0.4, -0.2) is 22.0 Å². The highest BCUT2D eigenvalue weighted by atomic mass is 16.4. The molecule has 0 fully saturated rings. The maximum atomic E-state index is 11.5. The van der Waals surface area contributed by atoms with Gasteiger partial charge in [-0.2, -0.15) is 0 Å². The summed E-state index contributed by atoms with van der Waals surface area (Å²) >= 11 is 0. The molecule has 1 heterocycles. The minimum Gasteiger partial charge on any atom is -0.481 e. The highest BCUT2D eigenvalue weighted by Crippen LogP contribution is 2.07. The summed E-state index contributed by atoms with van der Waals surface area (Å²) in [6, 6.07) is 3.61. The van der Waals surface area contributed by atoms with Crippen molar-refractivity contribution in [3.63, 3.8) is 0 Å². The van der Waals surface area contributed by atoms with Crippen molar-refractivity contribution in [1.82, 2.24) is 4.98 Å². The third-order valence-corrected chi connectivity index (χ3v) is 2.24. The summed E-state index contributed by atoms with van der Waals surface area (Å²) in [7, 11) is 0. The van der Waals surface area contributed by atoms with E-state index in [4.69, 9.17) is 5.11 Å². The molecular formula is C12H16N2O3. The van der Waals surface area contributed by atoms with Crippen LogP contribution in [0.4, 0.5) is 5.69 Å². The van der Waals surface area contributed by atoms with Gasteiger partial charge >= 0.3 is 5.97 Å². The number of aliphatic carboxylic acids is 1. The Bertz CT molecular complexity index is 387. The molecule has 0 saturated carbocycles. The minimum absolute atomic E-state index is 0.110. The Morgan fingerprint density at radius 2 is 2.00 bits per heavy atom. The molecule has 0 atom stereocenters. The number of nitrogens with zero attached hydrogens (tertiary/aromatic N) is 1. The van der Waals surface area contributed by atoms with Gasteiger partial charge in [0.15, 0.2) is 0 Å². The van der Waals surface area contributed by atoms with Crippen LogP contribution in [0, 0.1) is 6.92 Å². The third kappa shape index (κ3) is 5.65. The number of carbonyl (C=O) groups is 2. The lowest BCUT2D eigenvalue weighted by Gasteiger charge is -2.04. The number of nitrogens with one attached hydrogen (secondary N) is 1. The van der Waals surface area contributed by atoms with Crippen LogP contribution in [0.5, 0.6) is 0 Å². The van der Waals surface area contributed by atoms with Crippen LogP contribution in [0.15, 0.2) is 18.3 Å². The number of hydrogen-bond donors (Lipinski definition) is 2. The molecule has 5 nitrogen and oxygen atoms in total. The number of carboxylic acid groups (broad SMARTS) is 1. The molecule has 92 valence electrons. The third-order valence-electron chi connectivity index (χ3n) is 2.24. The fourth-order valence-corrected chi connectivity index (χ4v) is 1.33. The van der Waals surface area contributed by atoms with Crippen LogP contribution in [0.25, 0.3) is 0 Å². The Hall–Kier alpha value is -1.91. The molecule has 0 spiro atoms. The highest BCUT2D eigenvalue weighted by Gasteiger charge is 2.03. The Balaban J connectivity index is 2.25. The molecule has 2 N–H and O–H groups in total. The largest absolute Gasteiger partial charge is 0.481 e. The fraction of sp³-hybridized carbons (Fsp3) is 0.417. The number of carboxylic acids is 1. The second-order valence-electron chi connectivity index (χ2n) is 3.84. The molecule has 17 heavy (non-hydrogen) atoms. The Labute approximate surface area is 99.9 Å². The van der Waals surface area contributed by atoms with Gasteiger partial charge in [0.25, 0.3) is 0 Å². The van der Waals surface area contributed by atoms with Gasteiger partial charge in [0.05, 0.1) is 11.9 Å². The summed E-state index contributed by atoms with van der Waals surface area (Å²) in [6.07, 6.45) is 3.15. The number of rotatable bonds is 6. The van der Waals surface area contributed by atoms with E-state index in [1.165, 1.54) is 0 Å². The number of hydrogen-bond acceptors (Lipinski definition) is 3. The molecule has 0 aliphatic rings. The van der Waals surface area contributed by atoms with Crippen molar-refractivity contribution >= 4 is 17.6 Å². The smallest absolute Gasteiger partial charge is 0.303 e. The Morgan fingerprint density at radius 1 is 1.29 bits per heavy atom. The van der Waals surface area contributed by atoms with E-state index in [0.29, 0.717) is 24.9 Å². The van der Waals surface area contributed by atoms with E-state index < -0.39 is 5.97 Å². The number of aromatic nitrogens is 1. The van der Waals surface area contributed by atoms with Crippen LogP contribution >= 0.6 is 0 Å². The zero-order valence-electron chi connectivity index (χ0n) is 9.77. The van der Waals surface area contributed by atoms with E-state index in [1.807, 2.05) is 13.0 Å². The van der Waals surface area contributed by atoms with Crippen LogP contribution in [0.1, 0.15) is 31.4 Å². The first-order valence-corrected chi connectivity index (χ1v) is 5.52. The molecule has 5 heteroatoms. The second-order valence-corrected chi connectivity index (χ2v) is 3.84. The maximum Gasteiger partial charge on any atom is 0.303 e. The molecule has 1 aromatic heterocycles. The van der Waals surface area contributed by atoms with Crippen molar-refractivity contribution in [2.45, 2.75) is 32.6 Å². The molecule has 0 saturated heterocycles. The van der Waals surface area contributed by atoms with Crippen LogP contribution < -0.4 is 5.32 Å². The molecular weight excluding hydrogens is 220 g/mol. The molecule has 0 aromatic carbocycles. The van der Waals surface area contributed by atoms with Gasteiger partial charge in [-0.3, -0.25) is 14.6 Å². The van der Waals surface area contributed by atoms with E-state index in [1.54, 1.807) is 12.3 Å². The topological polar surface area (TPSA) is 79.3 Å². The number of anilines is 1. The van der Waals surface area contributed by atoms with Crippen molar-refractivity contribution in [3.05, 3.63) is 24.0 Å². The summed E-state index contributed by atoms with van der Waals surface area (Å²) in [5, 5.41) is 11.1. The average Bonchev–Trinajstić information content (AvgIpc) is 2.27. The molecule has 0 aliphatic carbocycles. The summed E-state index contributed by atoms with van der Waals surface area (Å²) in [6.45, 7) is 1.87. The number of carbonyl (C=O) groups excluding carboxylic acids is 1. The summed E-state index contributed by atoms with van der Waals surface area (Å²) in [4.78, 5) is 25.8. The van der Waals surface area contributed by atoms with Gasteiger partial charge in [0.1, 0.15) is 0 Å². The summed E-state index contributed by atoms with van der Waals surface area (Å²) in [5.74, 6) is -0.936. The number of amides is 1. The molecule has 0 unspecified atom stereocenters. The normalized spacial score (nSPS) is 9.94. The van der Waals surface area contributed by atoms with Gasteiger partial charge in [-0.15, -0.1) is 0 Å². The first kappa shape index (κ1) is 13.2. The average molecular weight is 236 g/mol. The zero-order valence-corrected chi connectivity index (χ0v) is 9.77. The van der Waals surface area contributed by atoms with Gasteiger partial charge in [-0.1, -0.05) is 0 Å². The fourth-order valence-electron chi connectivity index (χ4n) is 1.33. The number of unbranched alkanes of at least 4 members (excludes halogenated alkanes) is 1. The first-order chi connectivity index (χ1) is 8.08. The zero-order chi connectivity index (χ0) is 12.7. The van der Waals surface area contributed by atoms with Gasteiger partial charge in [-0.05, 0) is 31.9 Å². The van der Waals surface area contributed by atoms with Gasteiger partial charge in [0.2, 0.25) is 5.91 Å². The molecule has 1 rings (SSSR count). The summed E-state index contributed by atoms with van der Waals surface area (Å²) < 4.78 is 0. The van der Waals surface area contributed by atoms with Crippen molar-refractivity contribution in [2.24, 2.45) is 0 Å².